The van der Waals surface area contributed by atoms with Crippen molar-refractivity contribution in [3.05, 3.63) is 18.0 Å². The minimum Gasteiger partial charge on any atom is -0.330 e. The number of hydrogen-bond donors (Lipinski definition) is 1. The highest BCUT2D eigenvalue weighted by Gasteiger charge is 2.15. The summed E-state index contributed by atoms with van der Waals surface area (Å²) in [5.74, 6) is 0. The number of nitrogens with zero attached hydrogens (tertiary/aromatic N) is 4. The molecule has 2 N–H and O–H groups in total. The minimum atomic E-state index is 0.495. The highest BCUT2D eigenvalue weighted by Crippen LogP contribution is 2.12. The van der Waals surface area contributed by atoms with Crippen LogP contribution >= 0.6 is 0 Å². The van der Waals surface area contributed by atoms with Crippen molar-refractivity contribution in [3.63, 3.8) is 0 Å². The summed E-state index contributed by atoms with van der Waals surface area (Å²) < 4.78 is 2.10. The van der Waals surface area contributed by atoms with Crippen molar-refractivity contribution in [1.29, 1.82) is 0 Å². The van der Waals surface area contributed by atoms with Crippen molar-refractivity contribution in [2.45, 2.75) is 45.7 Å². The van der Waals surface area contributed by atoms with Gasteiger partial charge >= 0.3 is 0 Å². The van der Waals surface area contributed by atoms with Gasteiger partial charge in [-0.25, -0.2) is 0 Å². The highest BCUT2D eigenvalue weighted by atomic mass is 15.3. The maximum Gasteiger partial charge on any atom is 0.0764 e. The quantitative estimate of drug-likeness (QED) is 0.831. The van der Waals surface area contributed by atoms with E-state index in [-0.39, 0.29) is 0 Å². The van der Waals surface area contributed by atoms with E-state index in [4.69, 9.17) is 10.8 Å². The summed E-state index contributed by atoms with van der Waals surface area (Å²) in [6.45, 7) is 12.0. The van der Waals surface area contributed by atoms with Gasteiger partial charge in [-0.15, -0.1) is 0 Å². The fourth-order valence-corrected chi connectivity index (χ4v) is 2.84. The van der Waals surface area contributed by atoms with Gasteiger partial charge in [0.1, 0.15) is 0 Å². The molecule has 0 aromatic carbocycles. The Morgan fingerprint density at radius 2 is 2.00 bits per heavy atom. The normalized spacial score (nSPS) is 19.6. The molecule has 0 saturated carbocycles. The van der Waals surface area contributed by atoms with Gasteiger partial charge in [0.2, 0.25) is 0 Å². The maximum absolute atomic E-state index is 5.60. The fraction of sp³-hybridized carbons (Fsp3) is 0.812. The molecule has 1 unspecified atom stereocenters. The fourth-order valence-electron chi connectivity index (χ4n) is 2.84. The third kappa shape index (κ3) is 5.09. The van der Waals surface area contributed by atoms with E-state index in [0.29, 0.717) is 6.04 Å². The van der Waals surface area contributed by atoms with Crippen molar-refractivity contribution in [2.75, 3.05) is 39.3 Å². The van der Waals surface area contributed by atoms with E-state index in [1.807, 2.05) is 0 Å². The first-order chi connectivity index (χ1) is 10.2. The minimum absolute atomic E-state index is 0.495. The summed E-state index contributed by atoms with van der Waals surface area (Å²) in [5.41, 5.74) is 6.80. The van der Waals surface area contributed by atoms with Crippen LogP contribution in [-0.2, 0) is 6.54 Å². The van der Waals surface area contributed by atoms with Gasteiger partial charge in [0.15, 0.2) is 0 Å². The Hall–Kier alpha value is -0.910. The van der Waals surface area contributed by atoms with Crippen LogP contribution in [0.2, 0.25) is 0 Å². The lowest BCUT2D eigenvalue weighted by molar-refractivity contribution is 0.248. The molecule has 2 rings (SSSR count). The van der Waals surface area contributed by atoms with Crippen LogP contribution in [0.1, 0.15) is 44.8 Å². The van der Waals surface area contributed by atoms with E-state index >= 15 is 0 Å². The molecule has 120 valence electrons. The van der Waals surface area contributed by atoms with Gasteiger partial charge < -0.3 is 10.6 Å². The summed E-state index contributed by atoms with van der Waals surface area (Å²) in [4.78, 5) is 5.08. The van der Waals surface area contributed by atoms with E-state index in [9.17, 15) is 0 Å². The second-order valence-corrected chi connectivity index (χ2v) is 6.16. The van der Waals surface area contributed by atoms with Crippen LogP contribution in [0, 0.1) is 0 Å². The molecule has 0 spiro atoms. The SMILES string of the molecule is CCC(C)n1ccc(CN2CCCN(CCCN)CC2)n1. The van der Waals surface area contributed by atoms with Gasteiger partial charge in [-0.05, 0) is 58.4 Å². The van der Waals surface area contributed by atoms with Crippen molar-refractivity contribution < 1.29 is 0 Å². The lowest BCUT2D eigenvalue weighted by Crippen LogP contribution is -2.32. The molecule has 1 atom stereocenters. The van der Waals surface area contributed by atoms with Crippen molar-refractivity contribution in [1.82, 2.24) is 19.6 Å². The molecule has 1 aromatic heterocycles. The van der Waals surface area contributed by atoms with Crippen molar-refractivity contribution in [2.24, 2.45) is 5.73 Å². The molecule has 2 heterocycles. The third-order valence-corrected chi connectivity index (χ3v) is 4.45. The topological polar surface area (TPSA) is 50.3 Å². The number of nitrogens with two attached hydrogens (primary N) is 1. The number of rotatable bonds is 7. The molecule has 1 fully saturated rings. The van der Waals surface area contributed by atoms with Crippen LogP contribution in [0.5, 0.6) is 0 Å². The van der Waals surface area contributed by atoms with E-state index in [1.54, 1.807) is 0 Å². The van der Waals surface area contributed by atoms with Crippen molar-refractivity contribution >= 4 is 0 Å². The zero-order chi connectivity index (χ0) is 15.1. The molecular formula is C16H31N5. The van der Waals surface area contributed by atoms with Crippen LogP contribution in [0.3, 0.4) is 0 Å². The number of hydrogen-bond acceptors (Lipinski definition) is 4. The van der Waals surface area contributed by atoms with E-state index in [1.165, 1.54) is 25.2 Å². The lowest BCUT2D eigenvalue weighted by atomic mass is 10.3. The Kier molecular flexibility index (Phi) is 6.67. The second-order valence-electron chi connectivity index (χ2n) is 6.16. The van der Waals surface area contributed by atoms with E-state index < -0.39 is 0 Å². The van der Waals surface area contributed by atoms with Gasteiger partial charge in [0.05, 0.1) is 5.69 Å². The zero-order valence-corrected chi connectivity index (χ0v) is 13.7. The Balaban J connectivity index is 1.81. The van der Waals surface area contributed by atoms with Crippen LogP contribution < -0.4 is 5.73 Å². The van der Waals surface area contributed by atoms with Gasteiger partial charge in [-0.3, -0.25) is 9.58 Å². The van der Waals surface area contributed by atoms with Crippen LogP contribution in [-0.4, -0.2) is 58.8 Å². The third-order valence-electron chi connectivity index (χ3n) is 4.45. The second kappa shape index (κ2) is 8.51. The smallest absolute Gasteiger partial charge is 0.0764 e. The lowest BCUT2D eigenvalue weighted by Gasteiger charge is -2.21. The van der Waals surface area contributed by atoms with Crippen LogP contribution in [0.15, 0.2) is 12.3 Å². The molecule has 1 aliphatic rings. The molecule has 1 saturated heterocycles. The Morgan fingerprint density at radius 3 is 2.76 bits per heavy atom. The van der Waals surface area contributed by atoms with Gasteiger partial charge in [0.25, 0.3) is 0 Å². The largest absolute Gasteiger partial charge is 0.330 e. The average molecular weight is 293 g/mol. The Labute approximate surface area is 129 Å². The summed E-state index contributed by atoms with van der Waals surface area (Å²) in [6, 6.07) is 2.66. The van der Waals surface area contributed by atoms with Gasteiger partial charge in [-0.2, -0.15) is 5.10 Å². The van der Waals surface area contributed by atoms with Crippen molar-refractivity contribution in [3.8, 4) is 0 Å². The molecule has 1 aliphatic heterocycles. The molecule has 0 amide bonds. The van der Waals surface area contributed by atoms with Crippen LogP contribution in [0.25, 0.3) is 0 Å². The molecule has 5 heteroatoms. The average Bonchev–Trinajstić information content (AvgIpc) is 2.85. The first kappa shape index (κ1) is 16.5. The first-order valence-electron chi connectivity index (χ1n) is 8.41. The molecule has 5 nitrogen and oxygen atoms in total. The Morgan fingerprint density at radius 1 is 1.24 bits per heavy atom. The predicted molar refractivity (Wildman–Crippen MR) is 87.2 cm³/mol. The van der Waals surface area contributed by atoms with E-state index in [2.05, 4.69) is 40.6 Å². The predicted octanol–water partition coefficient (Wildman–Crippen LogP) is 1.71. The molecular weight excluding hydrogens is 262 g/mol. The molecule has 0 bridgehead atoms. The summed E-state index contributed by atoms with van der Waals surface area (Å²) in [5, 5.41) is 4.72. The van der Waals surface area contributed by atoms with Gasteiger partial charge in [0, 0.05) is 31.9 Å². The van der Waals surface area contributed by atoms with Crippen LogP contribution in [0.4, 0.5) is 0 Å². The van der Waals surface area contributed by atoms with Gasteiger partial charge in [-0.1, -0.05) is 6.92 Å². The highest BCUT2D eigenvalue weighted by molar-refractivity contribution is 4.99. The maximum atomic E-state index is 5.60. The monoisotopic (exact) mass is 293 g/mol. The molecule has 0 radical (unpaired) electrons. The summed E-state index contributed by atoms with van der Waals surface area (Å²) in [7, 11) is 0. The Bertz CT molecular complexity index is 403. The zero-order valence-electron chi connectivity index (χ0n) is 13.7. The van der Waals surface area contributed by atoms with E-state index in [0.717, 1.165) is 45.6 Å². The standard InChI is InChI=1S/C16H31N5/c1-3-15(2)21-11-6-16(18-21)14-20-10-5-9-19(12-13-20)8-4-7-17/h6,11,15H,3-5,7-10,12-14,17H2,1-2H3. The molecule has 0 aliphatic carbocycles. The molecule has 1 aromatic rings. The summed E-state index contributed by atoms with van der Waals surface area (Å²) >= 11 is 0. The molecule has 21 heavy (non-hydrogen) atoms. The summed E-state index contributed by atoms with van der Waals surface area (Å²) in [6.07, 6.45) is 5.60. The number of aromatic nitrogens is 2. The first-order valence-corrected chi connectivity index (χ1v) is 8.41.